The number of para-hydroxylation sites is 1. The van der Waals surface area contributed by atoms with Gasteiger partial charge in [-0.2, -0.15) is 0 Å². The van der Waals surface area contributed by atoms with E-state index in [0.29, 0.717) is 18.7 Å². The third-order valence-electron chi connectivity index (χ3n) is 6.75. The van der Waals surface area contributed by atoms with Crippen molar-refractivity contribution in [3.63, 3.8) is 0 Å². The molecule has 3 aromatic carbocycles. The van der Waals surface area contributed by atoms with E-state index in [4.69, 9.17) is 16.3 Å². The number of aryl methyl sites for hydroxylation is 4. The number of aromatic amines is 1. The maximum absolute atomic E-state index is 13.5. The highest BCUT2D eigenvalue weighted by Gasteiger charge is 2.20. The second-order valence-electron chi connectivity index (χ2n) is 9.57. The van der Waals surface area contributed by atoms with Crippen LogP contribution in [0, 0.1) is 20.8 Å². The highest BCUT2D eigenvalue weighted by molar-refractivity contribution is 7.98. The first-order valence-corrected chi connectivity index (χ1v) is 14.1. The molecule has 5 rings (SSSR count). The van der Waals surface area contributed by atoms with Crippen LogP contribution in [0.2, 0.25) is 5.02 Å². The first-order chi connectivity index (χ1) is 18.9. The molecule has 0 spiro atoms. The average Bonchev–Trinajstić information content (AvgIpc) is 3.32. The number of hydrogen-bond donors (Lipinski definition) is 2. The fraction of sp³-hybridized carbons (Fsp3) is 0.188. The monoisotopic (exact) mass is 555 g/mol. The summed E-state index contributed by atoms with van der Waals surface area (Å²) in [4.78, 5) is 22.2. The minimum atomic E-state index is -0.159. The molecule has 5 aromatic rings. The van der Waals surface area contributed by atoms with E-state index in [1.54, 1.807) is 6.20 Å². The van der Waals surface area contributed by atoms with Gasteiger partial charge < -0.3 is 9.72 Å². The number of carbonyl (C=O) groups is 1. The second-order valence-corrected chi connectivity index (χ2v) is 10.8. The van der Waals surface area contributed by atoms with Crippen LogP contribution >= 0.6 is 23.5 Å². The van der Waals surface area contributed by atoms with Gasteiger partial charge in [0.2, 0.25) is 0 Å². The Labute approximate surface area is 238 Å². The summed E-state index contributed by atoms with van der Waals surface area (Å²) in [5.74, 6) is 0.647. The van der Waals surface area contributed by atoms with E-state index in [1.807, 2.05) is 74.6 Å². The van der Waals surface area contributed by atoms with Crippen LogP contribution < -0.4 is 9.46 Å². The van der Waals surface area contributed by atoms with Crippen molar-refractivity contribution in [2.45, 2.75) is 38.5 Å². The van der Waals surface area contributed by atoms with Crippen LogP contribution in [-0.2, 0) is 6.42 Å². The molecule has 0 saturated carbocycles. The number of H-pyrrole nitrogens is 1. The van der Waals surface area contributed by atoms with E-state index in [1.165, 1.54) is 11.9 Å². The molecule has 0 unspecified atom stereocenters. The summed E-state index contributed by atoms with van der Waals surface area (Å²) in [6.07, 6.45) is 5.09. The standard InChI is InChI=1S/C32H30ClN3O2S/c1-20-14-15-34-19-28(20)27-12-7-11-25-26(13-8-16-38-23-17-21(2)29(33)22(3)18-23)31(35-30(25)27)32(37)36-39-24-9-5-4-6-10-24/h4-7,9-12,14-15,17-19,35H,8,13,16H2,1-3H3,(H,36,37). The lowest BCUT2D eigenvalue weighted by Crippen LogP contribution is -2.18. The number of amides is 1. The summed E-state index contributed by atoms with van der Waals surface area (Å²) in [5.41, 5.74) is 7.67. The number of halogens is 1. The Hall–Kier alpha value is -3.74. The molecular formula is C32H30ClN3O2S. The summed E-state index contributed by atoms with van der Waals surface area (Å²) in [6, 6.07) is 21.9. The lowest BCUT2D eigenvalue weighted by molar-refractivity contribution is 0.0979. The van der Waals surface area contributed by atoms with Crippen molar-refractivity contribution in [2.75, 3.05) is 6.61 Å². The van der Waals surface area contributed by atoms with Gasteiger partial charge in [-0.15, -0.1) is 0 Å². The Bertz CT molecular complexity index is 1610. The SMILES string of the molecule is Cc1ccncc1-c1cccc2c(CCCOc3cc(C)c(Cl)c(C)c3)c(C(=O)NSc3ccccc3)[nH]c12. The van der Waals surface area contributed by atoms with Crippen molar-refractivity contribution in [1.82, 2.24) is 14.7 Å². The second kappa shape index (κ2) is 12.0. The largest absolute Gasteiger partial charge is 0.494 e. The van der Waals surface area contributed by atoms with Gasteiger partial charge in [-0.25, -0.2) is 0 Å². The lowest BCUT2D eigenvalue weighted by Gasteiger charge is -2.11. The number of nitrogens with zero attached hydrogens (tertiary/aromatic N) is 1. The molecule has 0 aliphatic rings. The number of nitrogens with one attached hydrogen (secondary N) is 2. The van der Waals surface area contributed by atoms with Gasteiger partial charge in [-0.05, 0) is 98.1 Å². The summed E-state index contributed by atoms with van der Waals surface area (Å²) < 4.78 is 9.08. The maximum atomic E-state index is 13.5. The zero-order chi connectivity index (χ0) is 27.4. The number of pyridine rings is 1. The number of carbonyl (C=O) groups excluding carboxylic acids is 1. The molecular weight excluding hydrogens is 526 g/mol. The van der Waals surface area contributed by atoms with Crippen molar-refractivity contribution >= 4 is 40.4 Å². The Morgan fingerprint density at radius 1 is 0.974 bits per heavy atom. The van der Waals surface area contributed by atoms with Crippen LogP contribution in [0.4, 0.5) is 0 Å². The quantitative estimate of drug-likeness (QED) is 0.142. The lowest BCUT2D eigenvalue weighted by atomic mass is 9.98. The molecule has 0 radical (unpaired) electrons. The van der Waals surface area contributed by atoms with Crippen LogP contribution in [0.25, 0.3) is 22.0 Å². The average molecular weight is 556 g/mol. The van der Waals surface area contributed by atoms with Gasteiger partial charge in [0.25, 0.3) is 5.91 Å². The highest BCUT2D eigenvalue weighted by atomic mass is 35.5. The molecule has 2 aromatic heterocycles. The Balaban J connectivity index is 1.43. The molecule has 0 bridgehead atoms. The van der Waals surface area contributed by atoms with Crippen molar-refractivity contribution in [1.29, 1.82) is 0 Å². The third-order valence-corrected chi connectivity index (χ3v) is 8.14. The molecule has 0 saturated heterocycles. The smallest absolute Gasteiger partial charge is 0.278 e. The molecule has 0 aliphatic heterocycles. The zero-order valence-electron chi connectivity index (χ0n) is 22.2. The van der Waals surface area contributed by atoms with Gasteiger partial charge in [0.05, 0.1) is 12.1 Å². The van der Waals surface area contributed by atoms with Crippen molar-refractivity contribution < 1.29 is 9.53 Å². The van der Waals surface area contributed by atoms with Crippen LogP contribution in [0.5, 0.6) is 5.75 Å². The molecule has 1 amide bonds. The minimum Gasteiger partial charge on any atom is -0.494 e. The van der Waals surface area contributed by atoms with E-state index in [9.17, 15) is 4.79 Å². The number of benzene rings is 3. The first kappa shape index (κ1) is 26.9. The highest BCUT2D eigenvalue weighted by Crippen LogP contribution is 2.34. The molecule has 2 N–H and O–H groups in total. The number of aromatic nitrogens is 2. The van der Waals surface area contributed by atoms with Gasteiger partial charge >= 0.3 is 0 Å². The Morgan fingerprint density at radius 2 is 1.74 bits per heavy atom. The number of ether oxygens (including phenoxy) is 1. The van der Waals surface area contributed by atoms with Crippen molar-refractivity contribution in [2.24, 2.45) is 0 Å². The topological polar surface area (TPSA) is 67.0 Å². The van der Waals surface area contributed by atoms with Crippen LogP contribution in [0.1, 0.15) is 39.2 Å². The van der Waals surface area contributed by atoms with Crippen LogP contribution in [0.3, 0.4) is 0 Å². The minimum absolute atomic E-state index is 0.159. The number of hydrogen-bond acceptors (Lipinski definition) is 4. The molecule has 39 heavy (non-hydrogen) atoms. The van der Waals surface area contributed by atoms with Crippen molar-refractivity contribution in [3.05, 3.63) is 112 Å². The fourth-order valence-corrected chi connectivity index (χ4v) is 5.49. The molecule has 7 heteroatoms. The molecule has 0 atom stereocenters. The van der Waals surface area contributed by atoms with E-state index in [0.717, 1.165) is 66.4 Å². The molecule has 198 valence electrons. The Kier molecular flexibility index (Phi) is 8.24. The zero-order valence-corrected chi connectivity index (χ0v) is 23.7. The molecule has 2 heterocycles. The molecule has 0 fully saturated rings. The summed E-state index contributed by atoms with van der Waals surface area (Å²) >= 11 is 7.62. The van der Waals surface area contributed by atoms with Crippen LogP contribution in [0.15, 0.2) is 84.0 Å². The van der Waals surface area contributed by atoms with E-state index in [-0.39, 0.29) is 5.91 Å². The summed E-state index contributed by atoms with van der Waals surface area (Å²) in [5, 5.41) is 1.80. The van der Waals surface area contributed by atoms with Crippen LogP contribution in [-0.4, -0.2) is 22.5 Å². The maximum Gasteiger partial charge on any atom is 0.278 e. The fourth-order valence-electron chi connectivity index (χ4n) is 4.77. The first-order valence-electron chi connectivity index (χ1n) is 12.9. The van der Waals surface area contributed by atoms with Gasteiger partial charge in [-0.1, -0.05) is 48.0 Å². The summed E-state index contributed by atoms with van der Waals surface area (Å²) in [6.45, 7) is 6.55. The van der Waals surface area contributed by atoms with Gasteiger partial charge in [0.15, 0.2) is 0 Å². The number of fused-ring (bicyclic) bond motifs is 1. The van der Waals surface area contributed by atoms with E-state index < -0.39 is 0 Å². The Morgan fingerprint density at radius 3 is 2.49 bits per heavy atom. The molecule has 5 nitrogen and oxygen atoms in total. The summed E-state index contributed by atoms with van der Waals surface area (Å²) in [7, 11) is 0. The molecule has 0 aliphatic carbocycles. The third kappa shape index (κ3) is 5.97. The van der Waals surface area contributed by atoms with Crippen molar-refractivity contribution in [3.8, 4) is 16.9 Å². The van der Waals surface area contributed by atoms with E-state index >= 15 is 0 Å². The van der Waals surface area contributed by atoms with Gasteiger partial charge in [-0.3, -0.25) is 14.5 Å². The predicted octanol–water partition coefficient (Wildman–Crippen LogP) is 8.26. The predicted molar refractivity (Wildman–Crippen MR) is 161 cm³/mol. The van der Waals surface area contributed by atoms with Gasteiger partial charge in [0, 0.05) is 38.8 Å². The van der Waals surface area contributed by atoms with Gasteiger partial charge in [0.1, 0.15) is 11.4 Å². The van der Waals surface area contributed by atoms with E-state index in [2.05, 4.69) is 33.7 Å². The normalized spacial score (nSPS) is 11.1. The number of rotatable bonds is 9.